The van der Waals surface area contributed by atoms with Gasteiger partial charge in [0.25, 0.3) is 0 Å². The van der Waals surface area contributed by atoms with E-state index in [1.54, 1.807) is 6.07 Å². The summed E-state index contributed by atoms with van der Waals surface area (Å²) in [5.74, 6) is -0.315. The Morgan fingerprint density at radius 2 is 1.62 bits per heavy atom. The highest BCUT2D eigenvalue weighted by Crippen LogP contribution is 2.24. The van der Waals surface area contributed by atoms with Crippen molar-refractivity contribution < 1.29 is 13.2 Å². The van der Waals surface area contributed by atoms with Crippen LogP contribution in [-0.2, 0) is 6.42 Å². The molecule has 178 valence electrons. The predicted octanol–water partition coefficient (Wildman–Crippen LogP) is 8.98. The number of hydrogen-bond donors (Lipinski definition) is 1. The number of benzene rings is 2. The van der Waals surface area contributed by atoms with Crippen molar-refractivity contribution in [2.75, 3.05) is 6.93 Å². The molecule has 0 amide bonds. The van der Waals surface area contributed by atoms with Crippen LogP contribution in [-0.4, -0.2) is 6.93 Å². The summed E-state index contributed by atoms with van der Waals surface area (Å²) in [5, 5.41) is 0. The first-order valence-electron chi connectivity index (χ1n) is 11.1. The van der Waals surface area contributed by atoms with Crippen LogP contribution in [0.4, 0.5) is 13.2 Å². The Morgan fingerprint density at radius 3 is 2.12 bits per heavy atom. The molecule has 2 aromatic rings. The van der Waals surface area contributed by atoms with Gasteiger partial charge in [-0.25, -0.2) is 13.2 Å². The monoisotopic (exact) mass is 447 g/mol. The minimum atomic E-state index is -1.75. The first kappa shape index (κ1) is 31.4. The lowest BCUT2D eigenvalue weighted by Crippen LogP contribution is -2.03. The summed E-state index contributed by atoms with van der Waals surface area (Å²) < 4.78 is 33.8. The van der Waals surface area contributed by atoms with Crippen molar-refractivity contribution in [3.05, 3.63) is 94.8 Å². The summed E-state index contributed by atoms with van der Waals surface area (Å²) in [4.78, 5) is 0. The van der Waals surface area contributed by atoms with Crippen LogP contribution in [0.2, 0.25) is 0 Å². The molecule has 0 heterocycles. The van der Waals surface area contributed by atoms with Crippen LogP contribution in [0.5, 0.6) is 0 Å². The van der Waals surface area contributed by atoms with Crippen LogP contribution >= 0.6 is 0 Å². The second-order valence-corrected chi connectivity index (χ2v) is 6.47. The standard InChI is InChI=1S/C23H26FN.2C2H6.CH2F2/c1-5-6-9-17(3)23(25)21-12-11-20(15-22(21)24)18(4)14-19-10-7-8-16(2)13-19;2*1-2;2-1-3/h6-13,15H,4-5,14,25H2,1-3H3;2*1-2H3;1H2/b9-6-,23-17-;;;. The van der Waals surface area contributed by atoms with E-state index in [1.807, 2.05) is 58.9 Å². The minimum Gasteiger partial charge on any atom is -0.398 e. The van der Waals surface area contributed by atoms with Crippen molar-refractivity contribution in [2.45, 2.75) is 61.3 Å². The molecule has 2 N–H and O–H groups in total. The van der Waals surface area contributed by atoms with Crippen LogP contribution in [0.3, 0.4) is 0 Å². The maximum atomic E-state index is 14.6. The number of aryl methyl sites for hydroxylation is 1. The summed E-state index contributed by atoms with van der Waals surface area (Å²) in [6, 6.07) is 13.4. The van der Waals surface area contributed by atoms with Gasteiger partial charge in [0, 0.05) is 11.3 Å². The molecule has 0 spiro atoms. The molecule has 0 saturated heterocycles. The van der Waals surface area contributed by atoms with Gasteiger partial charge in [-0.1, -0.05) is 89.2 Å². The van der Waals surface area contributed by atoms with Gasteiger partial charge in [0.05, 0.1) is 0 Å². The average molecular weight is 448 g/mol. The quantitative estimate of drug-likeness (QED) is 0.439. The van der Waals surface area contributed by atoms with Crippen LogP contribution in [0, 0.1) is 12.7 Å². The summed E-state index contributed by atoms with van der Waals surface area (Å²) >= 11 is 0. The van der Waals surface area contributed by atoms with Crippen LogP contribution in [0.15, 0.2) is 66.8 Å². The number of alkyl halides is 2. The fourth-order valence-electron chi connectivity index (χ4n) is 2.72. The van der Waals surface area contributed by atoms with Gasteiger partial charge in [-0.2, -0.15) is 0 Å². The zero-order valence-electron chi connectivity index (χ0n) is 20.7. The van der Waals surface area contributed by atoms with E-state index in [9.17, 15) is 13.2 Å². The van der Waals surface area contributed by atoms with Gasteiger partial charge in [0.15, 0.2) is 0 Å². The Hall–Kier alpha value is -2.75. The minimum absolute atomic E-state index is 0.315. The third kappa shape index (κ3) is 11.6. The van der Waals surface area contributed by atoms with Crippen LogP contribution in [0.25, 0.3) is 11.3 Å². The van der Waals surface area contributed by atoms with E-state index in [0.29, 0.717) is 17.7 Å². The van der Waals surface area contributed by atoms with Crippen LogP contribution < -0.4 is 5.73 Å². The van der Waals surface area contributed by atoms with Gasteiger partial charge in [0.1, 0.15) is 5.82 Å². The molecule has 0 saturated carbocycles. The Kier molecular flexibility index (Phi) is 18.6. The molecular formula is C28H40F3N. The molecule has 1 nitrogen and oxygen atoms in total. The molecule has 0 atom stereocenters. The summed E-state index contributed by atoms with van der Waals surface area (Å²) in [6.07, 6.45) is 5.56. The second-order valence-electron chi connectivity index (χ2n) is 6.47. The molecule has 0 aliphatic heterocycles. The summed E-state index contributed by atoms with van der Waals surface area (Å²) in [5.41, 5.74) is 12.0. The summed E-state index contributed by atoms with van der Waals surface area (Å²) in [7, 11) is 0. The van der Waals surface area contributed by atoms with Gasteiger partial charge in [0.2, 0.25) is 6.93 Å². The maximum Gasteiger partial charge on any atom is 0.229 e. The van der Waals surface area contributed by atoms with Gasteiger partial charge in [-0.05, 0) is 61.1 Å². The number of nitrogens with two attached hydrogens (primary N) is 1. The van der Waals surface area contributed by atoms with Gasteiger partial charge < -0.3 is 5.73 Å². The van der Waals surface area contributed by atoms with E-state index in [1.165, 1.54) is 17.2 Å². The molecule has 0 aliphatic carbocycles. The molecule has 0 radical (unpaired) electrons. The van der Waals surface area contributed by atoms with E-state index in [-0.39, 0.29) is 5.82 Å². The zero-order chi connectivity index (χ0) is 25.1. The Labute approximate surface area is 193 Å². The topological polar surface area (TPSA) is 26.0 Å². The van der Waals surface area contributed by atoms with Crippen molar-refractivity contribution in [1.82, 2.24) is 0 Å². The first-order chi connectivity index (χ1) is 15.3. The molecule has 32 heavy (non-hydrogen) atoms. The highest BCUT2D eigenvalue weighted by atomic mass is 19.3. The second kappa shape index (κ2) is 19.0. The lowest BCUT2D eigenvalue weighted by molar-refractivity contribution is 0.295. The SMILES string of the molecule is C=C(Cc1cccc(C)c1)c1ccc(/C(N)=C(C)/C=C\CC)c(F)c1.CC.CC.FCF. The van der Waals surface area contributed by atoms with E-state index in [2.05, 4.69) is 38.6 Å². The van der Waals surface area contributed by atoms with Crippen molar-refractivity contribution in [3.63, 3.8) is 0 Å². The number of allylic oxidation sites excluding steroid dienone is 4. The van der Waals surface area contributed by atoms with Crippen molar-refractivity contribution >= 4 is 11.3 Å². The van der Waals surface area contributed by atoms with Gasteiger partial charge in [-0.15, -0.1) is 0 Å². The Balaban J connectivity index is 0. The summed E-state index contributed by atoms with van der Waals surface area (Å²) in [6.45, 7) is 16.4. The third-order valence-electron chi connectivity index (χ3n) is 4.20. The number of hydrogen-bond acceptors (Lipinski definition) is 1. The van der Waals surface area contributed by atoms with Crippen LogP contribution in [0.1, 0.15) is 70.2 Å². The third-order valence-corrected chi connectivity index (χ3v) is 4.20. The molecule has 0 unspecified atom stereocenters. The highest BCUT2D eigenvalue weighted by molar-refractivity contribution is 5.72. The maximum absolute atomic E-state index is 14.6. The molecule has 0 bridgehead atoms. The van der Waals surface area contributed by atoms with Crippen molar-refractivity contribution in [3.8, 4) is 0 Å². The van der Waals surface area contributed by atoms with E-state index in [4.69, 9.17) is 5.73 Å². The fourth-order valence-corrected chi connectivity index (χ4v) is 2.72. The van der Waals surface area contributed by atoms with E-state index in [0.717, 1.165) is 23.1 Å². The largest absolute Gasteiger partial charge is 0.398 e. The smallest absolute Gasteiger partial charge is 0.229 e. The lowest BCUT2D eigenvalue weighted by Gasteiger charge is -2.11. The average Bonchev–Trinajstić information content (AvgIpc) is 2.80. The number of halogens is 3. The van der Waals surface area contributed by atoms with Gasteiger partial charge >= 0.3 is 0 Å². The zero-order valence-corrected chi connectivity index (χ0v) is 20.7. The van der Waals surface area contributed by atoms with E-state index >= 15 is 0 Å². The molecule has 4 heteroatoms. The normalized spacial score (nSPS) is 10.6. The Morgan fingerprint density at radius 1 is 1.03 bits per heavy atom. The predicted molar refractivity (Wildman–Crippen MR) is 136 cm³/mol. The van der Waals surface area contributed by atoms with E-state index < -0.39 is 6.93 Å². The molecule has 0 aromatic heterocycles. The molecule has 2 aromatic carbocycles. The lowest BCUT2D eigenvalue weighted by atomic mass is 9.96. The molecule has 0 fully saturated rings. The molecular weight excluding hydrogens is 407 g/mol. The van der Waals surface area contributed by atoms with Crippen molar-refractivity contribution in [2.24, 2.45) is 5.73 Å². The molecule has 2 rings (SSSR count). The molecule has 0 aliphatic rings. The highest BCUT2D eigenvalue weighted by Gasteiger charge is 2.10. The van der Waals surface area contributed by atoms with Gasteiger partial charge in [-0.3, -0.25) is 0 Å². The number of rotatable bonds is 6. The van der Waals surface area contributed by atoms with Crippen molar-refractivity contribution in [1.29, 1.82) is 0 Å². The Bertz CT molecular complexity index is 852. The fraction of sp³-hybridized carbons (Fsp3) is 0.357. The first-order valence-corrected chi connectivity index (χ1v) is 11.1.